The Morgan fingerprint density at radius 1 is 1.19 bits per heavy atom. The van der Waals surface area contributed by atoms with E-state index in [0.29, 0.717) is 12.6 Å². The van der Waals surface area contributed by atoms with Crippen molar-refractivity contribution >= 4 is 5.69 Å². The van der Waals surface area contributed by atoms with Crippen LogP contribution in [0.3, 0.4) is 0 Å². The van der Waals surface area contributed by atoms with E-state index in [2.05, 4.69) is 0 Å². The summed E-state index contributed by atoms with van der Waals surface area (Å²) in [4.78, 5) is 1.85. The smallest absolute Gasteiger partial charge is 0.366 e. The first-order valence-electron chi connectivity index (χ1n) is 7.22. The lowest BCUT2D eigenvalue weighted by Gasteiger charge is -2.37. The van der Waals surface area contributed by atoms with Gasteiger partial charge in [-0.2, -0.15) is 13.2 Å². The zero-order valence-corrected chi connectivity index (χ0v) is 12.0. The SMILES string of the molecule is CCN(c1ccc(C(F)(F)F)cc1F)C1CCC(N)CC1. The summed E-state index contributed by atoms with van der Waals surface area (Å²) in [7, 11) is 0. The molecule has 1 aliphatic rings. The molecule has 118 valence electrons. The van der Waals surface area contributed by atoms with Crippen LogP contribution in [0.1, 0.15) is 38.2 Å². The van der Waals surface area contributed by atoms with Crippen molar-refractivity contribution in [2.75, 3.05) is 11.4 Å². The molecule has 6 heteroatoms. The quantitative estimate of drug-likeness (QED) is 0.857. The Hall–Kier alpha value is -1.30. The maximum atomic E-state index is 14.1. The third-order valence-corrected chi connectivity index (χ3v) is 4.11. The molecule has 2 N–H and O–H groups in total. The molecule has 2 rings (SSSR count). The van der Waals surface area contributed by atoms with E-state index in [1.165, 1.54) is 6.07 Å². The lowest BCUT2D eigenvalue weighted by Crippen LogP contribution is -2.41. The third-order valence-electron chi connectivity index (χ3n) is 4.11. The average molecular weight is 304 g/mol. The van der Waals surface area contributed by atoms with Gasteiger partial charge >= 0.3 is 6.18 Å². The summed E-state index contributed by atoms with van der Waals surface area (Å²) >= 11 is 0. The second-order valence-electron chi connectivity index (χ2n) is 5.52. The van der Waals surface area contributed by atoms with E-state index in [4.69, 9.17) is 5.73 Å². The van der Waals surface area contributed by atoms with E-state index in [1.54, 1.807) is 0 Å². The van der Waals surface area contributed by atoms with Crippen LogP contribution < -0.4 is 10.6 Å². The van der Waals surface area contributed by atoms with Gasteiger partial charge in [-0.3, -0.25) is 0 Å². The maximum absolute atomic E-state index is 14.1. The van der Waals surface area contributed by atoms with E-state index < -0.39 is 17.6 Å². The number of halogens is 4. The highest BCUT2D eigenvalue weighted by atomic mass is 19.4. The molecule has 1 aromatic rings. The van der Waals surface area contributed by atoms with Crippen LogP contribution in [0.4, 0.5) is 23.2 Å². The van der Waals surface area contributed by atoms with Gasteiger partial charge in [0.25, 0.3) is 0 Å². The number of hydrogen-bond donors (Lipinski definition) is 1. The molecular formula is C15H20F4N2. The second-order valence-corrected chi connectivity index (χ2v) is 5.52. The standard InChI is InChI=1S/C15H20F4N2/c1-2-21(12-6-4-11(20)5-7-12)14-8-3-10(9-13(14)16)15(17,18)19/h3,8-9,11-12H,2,4-7,20H2,1H3. The summed E-state index contributed by atoms with van der Waals surface area (Å²) in [6.07, 6.45) is -1.11. The molecule has 1 fully saturated rings. The predicted molar refractivity (Wildman–Crippen MR) is 74.7 cm³/mol. The minimum absolute atomic E-state index is 0.140. The molecule has 0 radical (unpaired) electrons. The molecule has 1 saturated carbocycles. The number of anilines is 1. The topological polar surface area (TPSA) is 29.3 Å². The number of rotatable bonds is 3. The lowest BCUT2D eigenvalue weighted by molar-refractivity contribution is -0.137. The molecule has 0 amide bonds. The van der Waals surface area contributed by atoms with Crippen LogP contribution in [0, 0.1) is 5.82 Å². The van der Waals surface area contributed by atoms with Crippen LogP contribution in [0.2, 0.25) is 0 Å². The molecule has 0 bridgehead atoms. The molecule has 0 aromatic heterocycles. The summed E-state index contributed by atoms with van der Waals surface area (Å²) in [5.74, 6) is -0.818. The molecule has 2 nitrogen and oxygen atoms in total. The first kappa shape index (κ1) is 16.1. The van der Waals surface area contributed by atoms with Crippen molar-refractivity contribution in [1.29, 1.82) is 0 Å². The molecule has 0 heterocycles. The number of benzene rings is 1. The zero-order valence-electron chi connectivity index (χ0n) is 12.0. The average Bonchev–Trinajstić information content (AvgIpc) is 2.42. The van der Waals surface area contributed by atoms with E-state index in [0.717, 1.165) is 31.7 Å². The first-order chi connectivity index (χ1) is 9.82. The summed E-state index contributed by atoms with van der Waals surface area (Å²) < 4.78 is 51.8. The van der Waals surface area contributed by atoms with Crippen LogP contribution >= 0.6 is 0 Å². The monoisotopic (exact) mass is 304 g/mol. The fourth-order valence-electron chi connectivity index (χ4n) is 2.95. The summed E-state index contributed by atoms with van der Waals surface area (Å²) in [5, 5.41) is 0. The van der Waals surface area contributed by atoms with E-state index in [9.17, 15) is 17.6 Å². The molecule has 0 spiro atoms. The molecule has 0 saturated heterocycles. The first-order valence-corrected chi connectivity index (χ1v) is 7.22. The normalized spacial score (nSPS) is 23.1. The molecule has 0 unspecified atom stereocenters. The number of hydrogen-bond acceptors (Lipinski definition) is 2. The Labute approximate surface area is 121 Å². The van der Waals surface area contributed by atoms with Gasteiger partial charge in [-0.15, -0.1) is 0 Å². The van der Waals surface area contributed by atoms with Crippen molar-refractivity contribution in [3.8, 4) is 0 Å². The number of alkyl halides is 3. The molecule has 0 atom stereocenters. The van der Waals surface area contributed by atoms with Gasteiger partial charge in [0.15, 0.2) is 0 Å². The van der Waals surface area contributed by atoms with Crippen molar-refractivity contribution in [3.05, 3.63) is 29.6 Å². The van der Waals surface area contributed by atoms with E-state index in [1.807, 2.05) is 11.8 Å². The highest BCUT2D eigenvalue weighted by molar-refractivity contribution is 5.50. The Kier molecular flexibility index (Phi) is 4.76. The molecule has 0 aliphatic heterocycles. The number of nitrogens with two attached hydrogens (primary N) is 1. The van der Waals surface area contributed by atoms with E-state index >= 15 is 0 Å². The highest BCUT2D eigenvalue weighted by Gasteiger charge is 2.32. The minimum Gasteiger partial charge on any atom is -0.366 e. The minimum atomic E-state index is -4.52. The van der Waals surface area contributed by atoms with Crippen molar-refractivity contribution < 1.29 is 17.6 Å². The largest absolute Gasteiger partial charge is 0.416 e. The van der Waals surface area contributed by atoms with Gasteiger partial charge in [0.1, 0.15) is 5.82 Å². The van der Waals surface area contributed by atoms with Gasteiger partial charge in [-0.05, 0) is 50.8 Å². The van der Waals surface area contributed by atoms with Gasteiger partial charge in [-0.25, -0.2) is 4.39 Å². The van der Waals surface area contributed by atoms with Crippen molar-refractivity contribution in [2.24, 2.45) is 5.73 Å². The zero-order chi connectivity index (χ0) is 15.6. The molecular weight excluding hydrogens is 284 g/mol. The molecule has 1 aromatic carbocycles. The molecule has 1 aliphatic carbocycles. The van der Waals surface area contributed by atoms with Crippen LogP contribution in [0.25, 0.3) is 0 Å². The van der Waals surface area contributed by atoms with E-state index in [-0.39, 0.29) is 17.8 Å². The summed E-state index contributed by atoms with van der Waals surface area (Å²) in [6.45, 7) is 2.44. The van der Waals surface area contributed by atoms with Gasteiger partial charge < -0.3 is 10.6 Å². The van der Waals surface area contributed by atoms with Gasteiger partial charge in [0.2, 0.25) is 0 Å². The Bertz CT molecular complexity index is 479. The van der Waals surface area contributed by atoms with Crippen molar-refractivity contribution in [3.63, 3.8) is 0 Å². The summed E-state index contributed by atoms with van der Waals surface area (Å²) in [5.41, 5.74) is 5.15. The third kappa shape index (κ3) is 3.67. The van der Waals surface area contributed by atoms with Gasteiger partial charge in [0.05, 0.1) is 11.3 Å². The second kappa shape index (κ2) is 6.22. The Balaban J connectivity index is 2.22. The van der Waals surface area contributed by atoms with Gasteiger partial charge in [0, 0.05) is 18.6 Å². The van der Waals surface area contributed by atoms with Crippen LogP contribution in [-0.2, 0) is 6.18 Å². The number of nitrogens with zero attached hydrogens (tertiary/aromatic N) is 1. The molecule has 21 heavy (non-hydrogen) atoms. The maximum Gasteiger partial charge on any atom is 0.416 e. The fourth-order valence-corrected chi connectivity index (χ4v) is 2.95. The van der Waals surface area contributed by atoms with Crippen LogP contribution in [0.15, 0.2) is 18.2 Å². The van der Waals surface area contributed by atoms with Crippen molar-refractivity contribution in [1.82, 2.24) is 0 Å². The Morgan fingerprint density at radius 3 is 2.29 bits per heavy atom. The van der Waals surface area contributed by atoms with Crippen molar-refractivity contribution in [2.45, 2.75) is 50.9 Å². The Morgan fingerprint density at radius 2 is 1.81 bits per heavy atom. The predicted octanol–water partition coefficient (Wildman–Crippen LogP) is 3.94. The highest BCUT2D eigenvalue weighted by Crippen LogP contribution is 2.34. The lowest BCUT2D eigenvalue weighted by atomic mass is 9.90. The van der Waals surface area contributed by atoms with Crippen LogP contribution in [0.5, 0.6) is 0 Å². The summed E-state index contributed by atoms with van der Waals surface area (Å²) in [6, 6.07) is 3.07. The van der Waals surface area contributed by atoms with Crippen LogP contribution in [-0.4, -0.2) is 18.6 Å². The van der Waals surface area contributed by atoms with Gasteiger partial charge in [-0.1, -0.05) is 0 Å². The fraction of sp³-hybridized carbons (Fsp3) is 0.600.